The molecular weight excluding hydrogens is 286 g/mol. The van der Waals surface area contributed by atoms with Gasteiger partial charge in [-0.1, -0.05) is 35.9 Å². The van der Waals surface area contributed by atoms with Gasteiger partial charge >= 0.3 is 0 Å². The fourth-order valence-electron chi connectivity index (χ4n) is 2.58. The molecule has 0 spiro atoms. The van der Waals surface area contributed by atoms with Crippen LogP contribution in [0.5, 0.6) is 5.75 Å². The predicted molar refractivity (Wildman–Crippen MR) is 93.7 cm³/mol. The number of ether oxygens (including phenoxy) is 1. The lowest BCUT2D eigenvalue weighted by Crippen LogP contribution is -2.38. The quantitative estimate of drug-likeness (QED) is 0.896. The number of aryl methyl sites for hydroxylation is 3. The largest absolute Gasteiger partial charge is 0.481 e. The summed E-state index contributed by atoms with van der Waals surface area (Å²) in [5, 5.41) is 3.03. The number of nitrogens with one attached hydrogen (secondary N) is 1. The molecule has 122 valence electrons. The molecule has 2 rings (SSSR count). The molecule has 23 heavy (non-hydrogen) atoms. The Labute approximate surface area is 138 Å². The highest BCUT2D eigenvalue weighted by Gasteiger charge is 2.18. The van der Waals surface area contributed by atoms with Gasteiger partial charge in [-0.05, 0) is 63.4 Å². The minimum Gasteiger partial charge on any atom is -0.481 e. The average Bonchev–Trinajstić information content (AvgIpc) is 2.49. The van der Waals surface area contributed by atoms with E-state index in [2.05, 4.69) is 37.4 Å². The maximum atomic E-state index is 12.4. The molecule has 0 saturated heterocycles. The summed E-state index contributed by atoms with van der Waals surface area (Å²) in [7, 11) is 0. The summed E-state index contributed by atoms with van der Waals surface area (Å²) in [5.74, 6) is 0.604. The maximum absolute atomic E-state index is 12.4. The first kappa shape index (κ1) is 17.1. The molecule has 0 bridgehead atoms. The zero-order chi connectivity index (χ0) is 17.0. The van der Waals surface area contributed by atoms with Crippen LogP contribution in [0.25, 0.3) is 0 Å². The minimum atomic E-state index is -0.538. The highest BCUT2D eigenvalue weighted by molar-refractivity contribution is 5.81. The van der Waals surface area contributed by atoms with E-state index in [1.807, 2.05) is 38.1 Å². The molecule has 2 aromatic rings. The van der Waals surface area contributed by atoms with Gasteiger partial charge < -0.3 is 10.1 Å². The molecule has 0 aliphatic carbocycles. The molecule has 0 aliphatic heterocycles. The van der Waals surface area contributed by atoms with Crippen LogP contribution < -0.4 is 10.1 Å². The molecule has 3 heteroatoms. The van der Waals surface area contributed by atoms with Crippen molar-refractivity contribution in [3.8, 4) is 5.75 Å². The predicted octanol–water partition coefficient (Wildman–Crippen LogP) is 4.26. The summed E-state index contributed by atoms with van der Waals surface area (Å²) in [4.78, 5) is 12.4. The monoisotopic (exact) mass is 311 g/mol. The standard InChI is InChI=1S/C20H25NO2/c1-13-7-6-8-18(11-13)23-17(5)20(22)21-16(4)19-12-14(2)9-10-15(19)3/h6-12,16-17H,1-5H3,(H,21,22)/t16-,17-/m0/s1. The fraction of sp³-hybridized carbons (Fsp3) is 0.350. The Kier molecular flexibility index (Phi) is 5.43. The minimum absolute atomic E-state index is 0.0500. The summed E-state index contributed by atoms with van der Waals surface area (Å²) < 4.78 is 5.74. The van der Waals surface area contributed by atoms with Crippen LogP contribution in [0.3, 0.4) is 0 Å². The van der Waals surface area contributed by atoms with Gasteiger partial charge in [0, 0.05) is 0 Å². The van der Waals surface area contributed by atoms with Crippen LogP contribution >= 0.6 is 0 Å². The molecule has 2 aromatic carbocycles. The Morgan fingerprint density at radius 3 is 2.39 bits per heavy atom. The van der Waals surface area contributed by atoms with Crippen LogP contribution in [0.2, 0.25) is 0 Å². The average molecular weight is 311 g/mol. The van der Waals surface area contributed by atoms with E-state index in [1.165, 1.54) is 11.1 Å². The van der Waals surface area contributed by atoms with Crippen molar-refractivity contribution < 1.29 is 9.53 Å². The summed E-state index contributed by atoms with van der Waals surface area (Å²) >= 11 is 0. The van der Waals surface area contributed by atoms with E-state index >= 15 is 0 Å². The molecule has 0 unspecified atom stereocenters. The van der Waals surface area contributed by atoms with Gasteiger partial charge in [0.1, 0.15) is 5.75 Å². The van der Waals surface area contributed by atoms with Crippen molar-refractivity contribution in [3.05, 3.63) is 64.7 Å². The second-order valence-electron chi connectivity index (χ2n) is 6.17. The topological polar surface area (TPSA) is 38.3 Å². The number of carbonyl (C=O) groups excluding carboxylic acids is 1. The molecule has 0 saturated carbocycles. The Hall–Kier alpha value is -2.29. The van der Waals surface area contributed by atoms with Gasteiger partial charge in [-0.2, -0.15) is 0 Å². The van der Waals surface area contributed by atoms with Crippen molar-refractivity contribution in [1.29, 1.82) is 0 Å². The van der Waals surface area contributed by atoms with Gasteiger partial charge in [-0.15, -0.1) is 0 Å². The van der Waals surface area contributed by atoms with Crippen LogP contribution in [0.1, 0.15) is 42.1 Å². The maximum Gasteiger partial charge on any atom is 0.261 e. The van der Waals surface area contributed by atoms with Crippen LogP contribution in [0.4, 0.5) is 0 Å². The van der Waals surface area contributed by atoms with E-state index in [1.54, 1.807) is 6.92 Å². The lowest BCUT2D eigenvalue weighted by Gasteiger charge is -2.20. The van der Waals surface area contributed by atoms with Gasteiger partial charge in [0.15, 0.2) is 6.10 Å². The Bertz CT molecular complexity index is 694. The van der Waals surface area contributed by atoms with Gasteiger partial charge in [0.05, 0.1) is 6.04 Å². The summed E-state index contributed by atoms with van der Waals surface area (Å²) in [6.07, 6.45) is -0.538. The van der Waals surface area contributed by atoms with E-state index in [0.29, 0.717) is 5.75 Å². The van der Waals surface area contributed by atoms with E-state index in [9.17, 15) is 4.79 Å². The second-order valence-corrected chi connectivity index (χ2v) is 6.17. The van der Waals surface area contributed by atoms with E-state index in [4.69, 9.17) is 4.74 Å². The van der Waals surface area contributed by atoms with Crippen LogP contribution in [-0.4, -0.2) is 12.0 Å². The number of amides is 1. The van der Waals surface area contributed by atoms with Gasteiger partial charge in [0.25, 0.3) is 5.91 Å². The van der Waals surface area contributed by atoms with Crippen molar-refractivity contribution in [3.63, 3.8) is 0 Å². The first-order chi connectivity index (χ1) is 10.9. The summed E-state index contributed by atoms with van der Waals surface area (Å²) in [5.41, 5.74) is 4.62. The highest BCUT2D eigenvalue weighted by atomic mass is 16.5. The van der Waals surface area contributed by atoms with Crippen LogP contribution in [0.15, 0.2) is 42.5 Å². The van der Waals surface area contributed by atoms with Gasteiger partial charge in [-0.25, -0.2) is 0 Å². The number of hydrogen-bond acceptors (Lipinski definition) is 2. The third-order valence-corrected chi connectivity index (χ3v) is 3.93. The molecular formula is C20H25NO2. The van der Waals surface area contributed by atoms with E-state index in [0.717, 1.165) is 11.1 Å². The molecule has 1 N–H and O–H groups in total. The smallest absolute Gasteiger partial charge is 0.261 e. The SMILES string of the molecule is Cc1cccc(O[C@@H](C)C(=O)N[C@@H](C)c2cc(C)ccc2C)c1. The molecule has 0 fully saturated rings. The van der Waals surface area contributed by atoms with Crippen LogP contribution in [0, 0.1) is 20.8 Å². The molecule has 0 aliphatic rings. The normalized spacial score (nSPS) is 13.3. The Balaban J connectivity index is 2.01. The molecule has 3 nitrogen and oxygen atoms in total. The van der Waals surface area contributed by atoms with E-state index < -0.39 is 6.10 Å². The second kappa shape index (κ2) is 7.32. The number of hydrogen-bond donors (Lipinski definition) is 1. The van der Waals surface area contributed by atoms with Crippen molar-refractivity contribution >= 4 is 5.91 Å². The zero-order valence-electron chi connectivity index (χ0n) is 14.5. The van der Waals surface area contributed by atoms with Crippen molar-refractivity contribution in [1.82, 2.24) is 5.32 Å². The Morgan fingerprint density at radius 1 is 1.00 bits per heavy atom. The van der Waals surface area contributed by atoms with Gasteiger partial charge in [0.2, 0.25) is 0 Å². The molecule has 0 radical (unpaired) electrons. The van der Waals surface area contributed by atoms with Crippen molar-refractivity contribution in [2.45, 2.75) is 46.8 Å². The third-order valence-electron chi connectivity index (χ3n) is 3.93. The molecule has 0 heterocycles. The highest BCUT2D eigenvalue weighted by Crippen LogP contribution is 2.19. The lowest BCUT2D eigenvalue weighted by atomic mass is 10.00. The molecule has 0 aromatic heterocycles. The third kappa shape index (κ3) is 4.59. The number of benzene rings is 2. The molecule has 1 amide bonds. The Morgan fingerprint density at radius 2 is 1.70 bits per heavy atom. The lowest BCUT2D eigenvalue weighted by molar-refractivity contribution is -0.127. The first-order valence-electron chi connectivity index (χ1n) is 7.97. The first-order valence-corrected chi connectivity index (χ1v) is 7.97. The number of carbonyl (C=O) groups is 1. The van der Waals surface area contributed by atoms with Crippen LogP contribution in [-0.2, 0) is 4.79 Å². The zero-order valence-corrected chi connectivity index (χ0v) is 14.5. The summed E-state index contributed by atoms with van der Waals surface area (Å²) in [6.45, 7) is 9.89. The summed E-state index contributed by atoms with van der Waals surface area (Å²) in [6, 6.07) is 14.0. The fourth-order valence-corrected chi connectivity index (χ4v) is 2.58. The van der Waals surface area contributed by atoms with Crippen molar-refractivity contribution in [2.75, 3.05) is 0 Å². The van der Waals surface area contributed by atoms with Gasteiger partial charge in [-0.3, -0.25) is 4.79 Å². The van der Waals surface area contributed by atoms with Crippen molar-refractivity contribution in [2.24, 2.45) is 0 Å². The molecule has 2 atom stereocenters. The van der Waals surface area contributed by atoms with E-state index in [-0.39, 0.29) is 11.9 Å². The number of rotatable bonds is 5.